The van der Waals surface area contributed by atoms with Crippen LogP contribution in [-0.4, -0.2) is 33.2 Å². The second-order valence-electron chi connectivity index (χ2n) is 3.97. The Morgan fingerprint density at radius 3 is 2.68 bits per heavy atom. The summed E-state index contributed by atoms with van der Waals surface area (Å²) < 4.78 is 16.9. The molecule has 0 aliphatic heterocycles. The number of rotatable bonds is 9. The van der Waals surface area contributed by atoms with Crippen molar-refractivity contribution in [2.45, 2.75) is 19.8 Å². The van der Waals surface area contributed by atoms with Gasteiger partial charge in [0.2, 0.25) is 0 Å². The third kappa shape index (κ3) is 5.20. The van der Waals surface area contributed by atoms with E-state index in [9.17, 15) is 4.79 Å². The highest BCUT2D eigenvalue weighted by Gasteiger charge is 2.11. The normalized spacial score (nSPS) is 10.3. The maximum absolute atomic E-state index is 10.8. The minimum atomic E-state index is 0.444. The Balaban J connectivity index is 2.55. The molecule has 0 aromatic heterocycles. The highest BCUT2D eigenvalue weighted by molar-refractivity contribution is 9.10. The van der Waals surface area contributed by atoms with E-state index in [-0.39, 0.29) is 0 Å². The Kier molecular flexibility index (Phi) is 7.52. The summed E-state index contributed by atoms with van der Waals surface area (Å²) >= 11 is 3.37. The fourth-order valence-corrected chi connectivity index (χ4v) is 2.07. The van der Waals surface area contributed by atoms with E-state index in [1.54, 1.807) is 19.2 Å². The number of ether oxygens (including phenoxy) is 3. The molecule has 0 atom stereocenters. The van der Waals surface area contributed by atoms with E-state index in [1.165, 1.54) is 0 Å². The van der Waals surface area contributed by atoms with Crippen LogP contribution in [0.15, 0.2) is 16.6 Å². The van der Waals surface area contributed by atoms with Gasteiger partial charge in [-0.2, -0.15) is 0 Å². The number of hydrogen-bond acceptors (Lipinski definition) is 4. The number of aldehydes is 1. The molecular formula is C14H19BrO4. The first kappa shape index (κ1) is 16.0. The van der Waals surface area contributed by atoms with Crippen LogP contribution in [0.2, 0.25) is 0 Å². The first-order valence-electron chi connectivity index (χ1n) is 6.26. The van der Waals surface area contributed by atoms with Crippen LogP contribution >= 0.6 is 15.9 Å². The molecule has 4 nitrogen and oxygen atoms in total. The molecule has 0 unspecified atom stereocenters. The zero-order valence-electron chi connectivity index (χ0n) is 11.3. The Morgan fingerprint density at radius 1 is 1.26 bits per heavy atom. The van der Waals surface area contributed by atoms with Gasteiger partial charge in [-0.05, 0) is 34.5 Å². The second-order valence-corrected chi connectivity index (χ2v) is 4.82. The van der Waals surface area contributed by atoms with Crippen LogP contribution in [0.3, 0.4) is 0 Å². The van der Waals surface area contributed by atoms with Gasteiger partial charge in [-0.1, -0.05) is 13.3 Å². The average Bonchev–Trinajstić information content (AvgIpc) is 2.43. The lowest BCUT2D eigenvalue weighted by Gasteiger charge is -2.13. The Bertz CT molecular complexity index is 407. The van der Waals surface area contributed by atoms with Gasteiger partial charge in [0.1, 0.15) is 12.9 Å². The monoisotopic (exact) mass is 330 g/mol. The van der Waals surface area contributed by atoms with Crippen LogP contribution in [0.25, 0.3) is 0 Å². The summed E-state index contributed by atoms with van der Waals surface area (Å²) in [5, 5.41) is 0. The van der Waals surface area contributed by atoms with Crippen LogP contribution < -0.4 is 9.47 Å². The zero-order valence-corrected chi connectivity index (χ0v) is 12.9. The summed E-state index contributed by atoms with van der Waals surface area (Å²) in [6, 6.07) is 3.34. The minimum Gasteiger partial charge on any atom is -0.493 e. The molecule has 0 amide bonds. The molecule has 0 fully saturated rings. The molecule has 0 saturated heterocycles. The van der Waals surface area contributed by atoms with E-state index in [4.69, 9.17) is 14.2 Å². The highest BCUT2D eigenvalue weighted by atomic mass is 79.9. The molecule has 0 radical (unpaired) electrons. The molecule has 19 heavy (non-hydrogen) atoms. The number of carbonyl (C=O) groups excluding carboxylic acids is 1. The lowest BCUT2D eigenvalue weighted by Crippen LogP contribution is -2.08. The van der Waals surface area contributed by atoms with Gasteiger partial charge in [0.15, 0.2) is 11.5 Å². The van der Waals surface area contributed by atoms with E-state index < -0.39 is 0 Å². The molecule has 0 aliphatic carbocycles. The van der Waals surface area contributed by atoms with Gasteiger partial charge in [0.25, 0.3) is 0 Å². The topological polar surface area (TPSA) is 44.8 Å². The van der Waals surface area contributed by atoms with Crippen LogP contribution in [0, 0.1) is 0 Å². The van der Waals surface area contributed by atoms with Crippen LogP contribution in [0.1, 0.15) is 30.1 Å². The molecule has 0 N–H and O–H groups in total. The summed E-state index contributed by atoms with van der Waals surface area (Å²) in [6.07, 6.45) is 2.94. The van der Waals surface area contributed by atoms with Crippen molar-refractivity contribution in [1.29, 1.82) is 0 Å². The smallest absolute Gasteiger partial charge is 0.175 e. The largest absolute Gasteiger partial charge is 0.493 e. The highest BCUT2D eigenvalue weighted by Crippen LogP contribution is 2.36. The molecule has 0 saturated carbocycles. The molecular weight excluding hydrogens is 312 g/mol. The average molecular weight is 331 g/mol. The first-order chi connectivity index (χ1) is 9.22. The van der Waals surface area contributed by atoms with Crippen molar-refractivity contribution >= 4 is 22.2 Å². The number of unbranched alkanes of at least 4 members (excludes halogenated alkanes) is 1. The maximum Gasteiger partial charge on any atom is 0.175 e. The molecule has 0 aliphatic rings. The first-order valence-corrected chi connectivity index (χ1v) is 7.05. The Labute approximate surface area is 122 Å². The van der Waals surface area contributed by atoms with Gasteiger partial charge in [-0.25, -0.2) is 0 Å². The molecule has 0 bridgehead atoms. The summed E-state index contributed by atoms with van der Waals surface area (Å²) in [5.41, 5.74) is 0.537. The molecule has 0 spiro atoms. The van der Waals surface area contributed by atoms with E-state index in [1.807, 2.05) is 0 Å². The van der Waals surface area contributed by atoms with Crippen molar-refractivity contribution in [3.63, 3.8) is 0 Å². The van der Waals surface area contributed by atoms with Gasteiger partial charge in [0.05, 0.1) is 18.2 Å². The third-order valence-electron chi connectivity index (χ3n) is 2.50. The van der Waals surface area contributed by atoms with Gasteiger partial charge in [-0.15, -0.1) is 0 Å². The number of methoxy groups -OCH3 is 1. The van der Waals surface area contributed by atoms with E-state index in [0.717, 1.165) is 25.7 Å². The zero-order chi connectivity index (χ0) is 14.1. The van der Waals surface area contributed by atoms with Crippen LogP contribution in [0.4, 0.5) is 0 Å². The van der Waals surface area contributed by atoms with E-state index in [0.29, 0.717) is 34.7 Å². The minimum absolute atomic E-state index is 0.444. The van der Waals surface area contributed by atoms with Gasteiger partial charge in [-0.3, -0.25) is 4.79 Å². The number of carbonyl (C=O) groups is 1. The second kappa shape index (κ2) is 8.93. The molecule has 0 heterocycles. The molecule has 1 aromatic carbocycles. The summed E-state index contributed by atoms with van der Waals surface area (Å²) in [7, 11) is 1.54. The molecule has 1 rings (SSSR count). The number of benzene rings is 1. The summed E-state index contributed by atoms with van der Waals surface area (Å²) in [5.74, 6) is 1.12. The Morgan fingerprint density at radius 2 is 2.05 bits per heavy atom. The quantitative estimate of drug-likeness (QED) is 0.513. The maximum atomic E-state index is 10.8. The fraction of sp³-hybridized carbons (Fsp3) is 0.500. The lowest BCUT2D eigenvalue weighted by atomic mass is 10.2. The lowest BCUT2D eigenvalue weighted by molar-refractivity contribution is 0.0967. The van der Waals surface area contributed by atoms with Crippen molar-refractivity contribution in [3.8, 4) is 11.5 Å². The van der Waals surface area contributed by atoms with Crippen molar-refractivity contribution in [2.75, 3.05) is 26.9 Å². The fourth-order valence-electron chi connectivity index (χ4n) is 1.50. The Hall–Kier alpha value is -1.07. The molecule has 5 heteroatoms. The number of halogens is 1. The van der Waals surface area contributed by atoms with Gasteiger partial charge < -0.3 is 14.2 Å². The van der Waals surface area contributed by atoms with Crippen LogP contribution in [-0.2, 0) is 4.74 Å². The van der Waals surface area contributed by atoms with Crippen molar-refractivity contribution in [2.24, 2.45) is 0 Å². The van der Waals surface area contributed by atoms with Crippen molar-refractivity contribution in [3.05, 3.63) is 22.2 Å². The van der Waals surface area contributed by atoms with E-state index >= 15 is 0 Å². The van der Waals surface area contributed by atoms with E-state index in [2.05, 4.69) is 22.9 Å². The predicted molar refractivity (Wildman–Crippen MR) is 77.3 cm³/mol. The van der Waals surface area contributed by atoms with Gasteiger partial charge in [0, 0.05) is 12.2 Å². The third-order valence-corrected chi connectivity index (χ3v) is 3.09. The summed E-state index contributed by atoms with van der Waals surface area (Å²) in [6.45, 7) is 3.85. The van der Waals surface area contributed by atoms with Gasteiger partial charge >= 0.3 is 0 Å². The SMILES string of the molecule is CCCCOCCOc1c(Br)cc(C=O)cc1OC. The predicted octanol–water partition coefficient (Wildman–Crippen LogP) is 3.47. The van der Waals surface area contributed by atoms with Crippen molar-refractivity contribution < 1.29 is 19.0 Å². The van der Waals surface area contributed by atoms with Crippen molar-refractivity contribution in [1.82, 2.24) is 0 Å². The standard InChI is InChI=1S/C14H19BrO4/c1-3-4-5-18-6-7-19-14-12(15)8-11(10-16)9-13(14)17-2/h8-10H,3-7H2,1-2H3. The summed E-state index contributed by atoms with van der Waals surface area (Å²) in [4.78, 5) is 10.8. The van der Waals surface area contributed by atoms with Crippen LogP contribution in [0.5, 0.6) is 11.5 Å². The molecule has 106 valence electrons. The number of hydrogen-bond donors (Lipinski definition) is 0. The molecule has 1 aromatic rings.